The van der Waals surface area contributed by atoms with Gasteiger partial charge in [0.15, 0.2) is 11.0 Å². The molecule has 1 fully saturated rings. The highest BCUT2D eigenvalue weighted by atomic mass is 35.5. The molecule has 2 heterocycles. The van der Waals surface area contributed by atoms with Gasteiger partial charge in [-0.3, -0.25) is 4.79 Å². The molecule has 7 heteroatoms. The van der Waals surface area contributed by atoms with Gasteiger partial charge in [0.25, 0.3) is 0 Å². The second kappa shape index (κ2) is 5.93. The molecule has 0 aliphatic carbocycles. The highest BCUT2D eigenvalue weighted by Gasteiger charge is 2.33. The first-order valence-electron chi connectivity index (χ1n) is 6.67. The molecule has 2 atom stereocenters. The average Bonchev–Trinajstić information content (AvgIpc) is 2.96. The smallest absolute Gasteiger partial charge is 0.232 e. The molecular weight excluding hydrogens is 292 g/mol. The Balaban J connectivity index is 1.84. The number of carbonyl (C=O) groups is 1. The number of rotatable bonds is 3. The number of fused-ring (bicyclic) bond motifs is 1. The molecule has 0 spiro atoms. The van der Waals surface area contributed by atoms with Crippen LogP contribution in [0.25, 0.3) is 11.0 Å². The molecule has 110 valence electrons. The van der Waals surface area contributed by atoms with Gasteiger partial charge in [0.05, 0.1) is 30.2 Å². The normalized spacial score (nSPS) is 21.6. The van der Waals surface area contributed by atoms with Gasteiger partial charge in [-0.15, -0.1) is 0 Å². The number of amides is 1. The van der Waals surface area contributed by atoms with Crippen molar-refractivity contribution in [2.45, 2.75) is 6.04 Å². The molecule has 1 aliphatic rings. The van der Waals surface area contributed by atoms with Crippen molar-refractivity contribution in [1.82, 2.24) is 15.3 Å². The molecule has 2 N–H and O–H groups in total. The van der Waals surface area contributed by atoms with Crippen molar-refractivity contribution in [2.24, 2.45) is 5.92 Å². The minimum atomic E-state index is -0.265. The van der Waals surface area contributed by atoms with Crippen LogP contribution in [0.15, 0.2) is 24.3 Å². The standard InChI is InChI=1S/C14H15ClN4O2/c1-16-11-7-21-6-8(11)14(20)19-13-12(15)17-9-4-2-3-5-10(9)18-13/h2-5,8,11,16H,6-7H2,1H3,(H,18,19,20). The molecule has 3 rings (SSSR count). The number of anilines is 1. The molecule has 1 aromatic heterocycles. The van der Waals surface area contributed by atoms with E-state index < -0.39 is 0 Å². The summed E-state index contributed by atoms with van der Waals surface area (Å²) in [5.41, 5.74) is 1.38. The van der Waals surface area contributed by atoms with Gasteiger partial charge in [-0.1, -0.05) is 23.7 Å². The van der Waals surface area contributed by atoms with Crippen molar-refractivity contribution >= 4 is 34.4 Å². The lowest BCUT2D eigenvalue weighted by molar-refractivity contribution is -0.120. The van der Waals surface area contributed by atoms with Crippen LogP contribution in [0.5, 0.6) is 0 Å². The number of hydrogen-bond donors (Lipinski definition) is 2. The molecule has 1 aliphatic heterocycles. The van der Waals surface area contributed by atoms with E-state index in [0.717, 1.165) is 0 Å². The minimum Gasteiger partial charge on any atom is -0.379 e. The first kappa shape index (κ1) is 14.2. The summed E-state index contributed by atoms with van der Waals surface area (Å²) < 4.78 is 5.33. The van der Waals surface area contributed by atoms with E-state index >= 15 is 0 Å². The van der Waals surface area contributed by atoms with Crippen LogP contribution in [-0.2, 0) is 9.53 Å². The van der Waals surface area contributed by atoms with Crippen LogP contribution in [0.4, 0.5) is 5.82 Å². The summed E-state index contributed by atoms with van der Waals surface area (Å²) in [6.07, 6.45) is 0. The second-order valence-corrected chi connectivity index (χ2v) is 5.24. The molecule has 1 amide bonds. The number of ether oxygens (including phenoxy) is 1. The minimum absolute atomic E-state index is 0.00260. The van der Waals surface area contributed by atoms with E-state index in [9.17, 15) is 4.79 Å². The van der Waals surface area contributed by atoms with Crippen LogP contribution in [0, 0.1) is 5.92 Å². The topological polar surface area (TPSA) is 76.1 Å². The zero-order valence-corrected chi connectivity index (χ0v) is 12.2. The van der Waals surface area contributed by atoms with Gasteiger partial charge in [0.2, 0.25) is 5.91 Å². The lowest BCUT2D eigenvalue weighted by Crippen LogP contribution is -2.39. The maximum Gasteiger partial charge on any atom is 0.232 e. The van der Waals surface area contributed by atoms with Crippen LogP contribution in [0.1, 0.15) is 0 Å². The van der Waals surface area contributed by atoms with Crippen LogP contribution >= 0.6 is 11.6 Å². The number of benzene rings is 1. The molecule has 0 radical (unpaired) electrons. The molecule has 2 aromatic rings. The van der Waals surface area contributed by atoms with Crippen molar-refractivity contribution in [3.63, 3.8) is 0 Å². The van der Waals surface area contributed by atoms with Crippen molar-refractivity contribution in [3.05, 3.63) is 29.4 Å². The number of likely N-dealkylation sites (N-methyl/N-ethyl adjacent to an activating group) is 1. The molecular formula is C14H15ClN4O2. The first-order valence-corrected chi connectivity index (χ1v) is 7.05. The molecule has 1 saturated heterocycles. The molecule has 6 nitrogen and oxygen atoms in total. The predicted octanol–water partition coefficient (Wildman–Crippen LogP) is 1.46. The van der Waals surface area contributed by atoms with Crippen molar-refractivity contribution in [1.29, 1.82) is 0 Å². The fraction of sp³-hybridized carbons (Fsp3) is 0.357. The van der Waals surface area contributed by atoms with Gasteiger partial charge in [-0.2, -0.15) is 0 Å². The number of aromatic nitrogens is 2. The van der Waals surface area contributed by atoms with Gasteiger partial charge in [0.1, 0.15) is 0 Å². The predicted molar refractivity (Wildman–Crippen MR) is 80.3 cm³/mol. The van der Waals surface area contributed by atoms with Crippen molar-refractivity contribution in [3.8, 4) is 0 Å². The van der Waals surface area contributed by atoms with Crippen molar-refractivity contribution < 1.29 is 9.53 Å². The summed E-state index contributed by atoms with van der Waals surface area (Å²) in [4.78, 5) is 20.9. The Morgan fingerprint density at radius 3 is 2.71 bits per heavy atom. The van der Waals surface area contributed by atoms with Crippen LogP contribution in [0.2, 0.25) is 5.15 Å². The number of halogens is 1. The fourth-order valence-corrected chi connectivity index (χ4v) is 2.55. The average molecular weight is 307 g/mol. The maximum absolute atomic E-state index is 12.3. The zero-order chi connectivity index (χ0) is 14.8. The van der Waals surface area contributed by atoms with Crippen LogP contribution < -0.4 is 10.6 Å². The van der Waals surface area contributed by atoms with Crippen molar-refractivity contribution in [2.75, 3.05) is 25.6 Å². The van der Waals surface area contributed by atoms with E-state index in [1.807, 2.05) is 31.3 Å². The van der Waals surface area contributed by atoms with E-state index in [1.165, 1.54) is 0 Å². The van der Waals surface area contributed by atoms with Gasteiger partial charge >= 0.3 is 0 Å². The Hall–Kier alpha value is -1.76. The maximum atomic E-state index is 12.3. The monoisotopic (exact) mass is 306 g/mol. The quantitative estimate of drug-likeness (QED) is 0.898. The SMILES string of the molecule is CNC1COCC1C(=O)Nc1nc2ccccc2nc1Cl. The molecule has 21 heavy (non-hydrogen) atoms. The Bertz CT molecular complexity index is 679. The molecule has 0 bridgehead atoms. The largest absolute Gasteiger partial charge is 0.379 e. The third-order valence-electron chi connectivity index (χ3n) is 3.56. The van der Waals surface area contributed by atoms with Gasteiger partial charge < -0.3 is 15.4 Å². The van der Waals surface area contributed by atoms with Crippen LogP contribution in [-0.4, -0.2) is 42.2 Å². The fourth-order valence-electron chi connectivity index (χ4n) is 2.36. The number of carbonyl (C=O) groups excluding carboxylic acids is 1. The second-order valence-electron chi connectivity index (χ2n) is 4.88. The third-order valence-corrected chi connectivity index (χ3v) is 3.82. The lowest BCUT2D eigenvalue weighted by Gasteiger charge is -2.16. The number of hydrogen-bond acceptors (Lipinski definition) is 5. The summed E-state index contributed by atoms with van der Waals surface area (Å²) in [7, 11) is 1.81. The summed E-state index contributed by atoms with van der Waals surface area (Å²) in [5, 5.41) is 6.00. The molecule has 2 unspecified atom stereocenters. The van der Waals surface area contributed by atoms with E-state index in [-0.39, 0.29) is 28.8 Å². The zero-order valence-electron chi connectivity index (χ0n) is 11.5. The summed E-state index contributed by atoms with van der Waals surface area (Å²) >= 11 is 6.09. The van der Waals surface area contributed by atoms with Gasteiger partial charge in [0, 0.05) is 6.04 Å². The third kappa shape index (κ3) is 2.83. The summed E-state index contributed by atoms with van der Waals surface area (Å²) in [6.45, 7) is 0.904. The van der Waals surface area contributed by atoms with Gasteiger partial charge in [-0.05, 0) is 19.2 Å². The van der Waals surface area contributed by atoms with E-state index in [1.54, 1.807) is 0 Å². The Kier molecular flexibility index (Phi) is 4.01. The van der Waals surface area contributed by atoms with Crippen LogP contribution in [0.3, 0.4) is 0 Å². The highest BCUT2D eigenvalue weighted by molar-refractivity contribution is 6.32. The summed E-state index contributed by atoms with van der Waals surface area (Å²) in [6, 6.07) is 7.36. The molecule has 1 aromatic carbocycles. The Morgan fingerprint density at radius 1 is 1.29 bits per heavy atom. The van der Waals surface area contributed by atoms with Gasteiger partial charge in [-0.25, -0.2) is 9.97 Å². The van der Waals surface area contributed by atoms with E-state index in [2.05, 4.69) is 20.6 Å². The Morgan fingerprint density at radius 2 is 2.00 bits per heavy atom. The Labute approximate surface area is 126 Å². The number of nitrogens with zero attached hydrogens (tertiary/aromatic N) is 2. The van der Waals surface area contributed by atoms with E-state index in [0.29, 0.717) is 24.2 Å². The van der Waals surface area contributed by atoms with E-state index in [4.69, 9.17) is 16.3 Å². The lowest BCUT2D eigenvalue weighted by atomic mass is 10.0. The highest BCUT2D eigenvalue weighted by Crippen LogP contribution is 2.23. The first-order chi connectivity index (χ1) is 10.2. The summed E-state index contributed by atoms with van der Waals surface area (Å²) in [5.74, 6) is -0.153. The molecule has 0 saturated carbocycles. The number of para-hydroxylation sites is 2. The number of nitrogens with one attached hydrogen (secondary N) is 2.